The van der Waals surface area contributed by atoms with Gasteiger partial charge in [0.2, 0.25) is 6.10 Å². The number of rotatable bonds is 4. The maximum absolute atomic E-state index is 13.1. The molecule has 26 heavy (non-hydrogen) atoms. The van der Waals surface area contributed by atoms with Crippen molar-refractivity contribution in [2.24, 2.45) is 0 Å². The number of halogens is 3. The molecule has 2 aromatic carbocycles. The maximum atomic E-state index is 13.1. The SMILES string of the molecule is CSc1ccc(Oc2cccc3c2C=C(C(=O)O)C(C(F)(F)F)O3)cc1. The van der Waals surface area contributed by atoms with Crippen LogP contribution in [-0.2, 0) is 4.79 Å². The third-order valence-electron chi connectivity index (χ3n) is 3.68. The Morgan fingerprint density at radius 2 is 1.88 bits per heavy atom. The van der Waals surface area contributed by atoms with Crippen LogP contribution in [0.1, 0.15) is 5.56 Å². The molecule has 1 unspecified atom stereocenters. The fraction of sp³-hybridized carbons (Fsp3) is 0.167. The van der Waals surface area contributed by atoms with Gasteiger partial charge in [-0.15, -0.1) is 11.8 Å². The Bertz CT molecular complexity index is 860. The monoisotopic (exact) mass is 382 g/mol. The molecule has 1 aliphatic heterocycles. The van der Waals surface area contributed by atoms with Gasteiger partial charge in [0.05, 0.1) is 11.1 Å². The average Bonchev–Trinajstić information content (AvgIpc) is 2.60. The second-order valence-electron chi connectivity index (χ2n) is 5.39. The summed E-state index contributed by atoms with van der Waals surface area (Å²) in [6.07, 6.45) is -4.49. The lowest BCUT2D eigenvalue weighted by atomic mass is 10.0. The van der Waals surface area contributed by atoms with Crippen LogP contribution in [0.4, 0.5) is 13.2 Å². The van der Waals surface area contributed by atoms with E-state index >= 15 is 0 Å². The minimum Gasteiger partial charge on any atom is -0.478 e. The van der Waals surface area contributed by atoms with Crippen LogP contribution in [0.3, 0.4) is 0 Å². The standard InChI is InChI=1S/C18H13F3O4S/c1-26-11-7-5-10(6-8-11)24-14-3-2-4-15-12(14)9-13(17(22)23)16(25-15)18(19,20)21/h2-9,16H,1H3,(H,22,23). The largest absolute Gasteiger partial charge is 0.478 e. The van der Waals surface area contributed by atoms with Crippen molar-refractivity contribution < 1.29 is 32.5 Å². The molecule has 136 valence electrons. The highest BCUT2D eigenvalue weighted by atomic mass is 32.2. The van der Waals surface area contributed by atoms with Crippen LogP contribution in [-0.4, -0.2) is 29.6 Å². The first-order chi connectivity index (χ1) is 12.3. The minimum atomic E-state index is -4.84. The first kappa shape index (κ1) is 18.2. The zero-order valence-electron chi connectivity index (χ0n) is 13.4. The topological polar surface area (TPSA) is 55.8 Å². The average molecular weight is 382 g/mol. The fourth-order valence-electron chi connectivity index (χ4n) is 2.47. The third kappa shape index (κ3) is 3.65. The highest BCUT2D eigenvalue weighted by Crippen LogP contribution is 2.42. The van der Waals surface area contributed by atoms with E-state index in [1.807, 2.05) is 18.4 Å². The Morgan fingerprint density at radius 1 is 1.19 bits per heavy atom. The lowest BCUT2D eigenvalue weighted by Gasteiger charge is -2.27. The van der Waals surface area contributed by atoms with Crippen LogP contribution >= 0.6 is 11.8 Å². The van der Waals surface area contributed by atoms with E-state index in [1.165, 1.54) is 18.2 Å². The Labute approximate surface area is 151 Å². The van der Waals surface area contributed by atoms with Gasteiger partial charge in [-0.05, 0) is 48.7 Å². The van der Waals surface area contributed by atoms with E-state index < -0.39 is 23.8 Å². The number of alkyl halides is 3. The van der Waals surface area contributed by atoms with Crippen LogP contribution in [0.25, 0.3) is 6.08 Å². The smallest absolute Gasteiger partial charge is 0.430 e. The molecule has 2 aromatic rings. The zero-order chi connectivity index (χ0) is 18.9. The van der Waals surface area contributed by atoms with Crippen LogP contribution in [0.5, 0.6) is 17.2 Å². The molecule has 0 radical (unpaired) electrons. The summed E-state index contributed by atoms with van der Waals surface area (Å²) in [6, 6.07) is 11.5. The van der Waals surface area contributed by atoms with Gasteiger partial charge in [-0.1, -0.05) is 6.07 Å². The highest BCUT2D eigenvalue weighted by molar-refractivity contribution is 7.98. The van der Waals surface area contributed by atoms with E-state index in [1.54, 1.807) is 23.9 Å². The second kappa shape index (κ2) is 6.95. The number of aliphatic carboxylic acids is 1. The molecule has 0 fully saturated rings. The number of carboxylic acids is 1. The predicted octanol–water partition coefficient (Wildman–Crippen LogP) is 4.99. The van der Waals surface area contributed by atoms with Crippen molar-refractivity contribution in [3.8, 4) is 17.2 Å². The number of hydrogen-bond donors (Lipinski definition) is 1. The minimum absolute atomic E-state index is 0.0874. The molecule has 8 heteroatoms. The summed E-state index contributed by atoms with van der Waals surface area (Å²) in [4.78, 5) is 12.3. The number of thioether (sulfide) groups is 1. The van der Waals surface area contributed by atoms with Crippen molar-refractivity contribution in [2.75, 3.05) is 6.26 Å². The fourth-order valence-corrected chi connectivity index (χ4v) is 2.88. The maximum Gasteiger partial charge on any atom is 0.430 e. The summed E-state index contributed by atoms with van der Waals surface area (Å²) in [5, 5.41) is 9.14. The number of fused-ring (bicyclic) bond motifs is 1. The molecular formula is C18H13F3O4S. The Hall–Kier alpha value is -2.61. The molecule has 0 saturated heterocycles. The van der Waals surface area contributed by atoms with Crippen molar-refractivity contribution in [1.82, 2.24) is 0 Å². The van der Waals surface area contributed by atoms with Gasteiger partial charge in [-0.2, -0.15) is 13.2 Å². The Kier molecular flexibility index (Phi) is 4.86. The van der Waals surface area contributed by atoms with Crippen molar-refractivity contribution in [3.05, 3.63) is 53.6 Å². The van der Waals surface area contributed by atoms with Crippen molar-refractivity contribution in [1.29, 1.82) is 0 Å². The third-order valence-corrected chi connectivity index (χ3v) is 4.43. The van der Waals surface area contributed by atoms with E-state index in [0.29, 0.717) is 5.75 Å². The summed E-state index contributed by atoms with van der Waals surface area (Å²) in [6.45, 7) is 0. The molecule has 3 rings (SSSR count). The normalized spacial score (nSPS) is 16.3. The van der Waals surface area contributed by atoms with E-state index in [0.717, 1.165) is 11.0 Å². The molecule has 0 aliphatic carbocycles. The van der Waals surface area contributed by atoms with Gasteiger partial charge in [0.25, 0.3) is 0 Å². The van der Waals surface area contributed by atoms with Crippen molar-refractivity contribution in [2.45, 2.75) is 17.2 Å². The Morgan fingerprint density at radius 3 is 2.46 bits per heavy atom. The van der Waals surface area contributed by atoms with Gasteiger partial charge in [0.15, 0.2) is 0 Å². The van der Waals surface area contributed by atoms with Crippen molar-refractivity contribution in [3.63, 3.8) is 0 Å². The van der Waals surface area contributed by atoms with E-state index in [9.17, 15) is 18.0 Å². The molecule has 0 bridgehead atoms. The molecule has 0 spiro atoms. The van der Waals surface area contributed by atoms with Gasteiger partial charge in [0, 0.05) is 4.90 Å². The van der Waals surface area contributed by atoms with Crippen molar-refractivity contribution >= 4 is 23.8 Å². The first-order valence-electron chi connectivity index (χ1n) is 7.43. The van der Waals surface area contributed by atoms with Gasteiger partial charge < -0.3 is 14.6 Å². The van der Waals surface area contributed by atoms with Gasteiger partial charge in [-0.3, -0.25) is 0 Å². The summed E-state index contributed by atoms with van der Waals surface area (Å²) in [5.41, 5.74) is -0.738. The molecular weight excluding hydrogens is 369 g/mol. The molecule has 1 heterocycles. The lowest BCUT2D eigenvalue weighted by molar-refractivity contribution is -0.187. The number of benzene rings is 2. The summed E-state index contributed by atoms with van der Waals surface area (Å²) >= 11 is 1.56. The van der Waals surface area contributed by atoms with Gasteiger partial charge in [-0.25, -0.2) is 4.79 Å². The predicted molar refractivity (Wildman–Crippen MR) is 90.8 cm³/mol. The number of carboxylic acid groups (broad SMARTS) is 1. The number of hydrogen-bond acceptors (Lipinski definition) is 4. The van der Waals surface area contributed by atoms with Gasteiger partial charge >= 0.3 is 12.1 Å². The molecule has 0 saturated carbocycles. The summed E-state index contributed by atoms with van der Waals surface area (Å²) in [5.74, 6) is -1.11. The quantitative estimate of drug-likeness (QED) is 0.755. The Balaban J connectivity index is 2.00. The molecule has 1 aliphatic rings. The van der Waals surface area contributed by atoms with Crippen LogP contribution < -0.4 is 9.47 Å². The van der Waals surface area contributed by atoms with E-state index in [2.05, 4.69) is 0 Å². The van der Waals surface area contributed by atoms with Crippen LogP contribution in [0.2, 0.25) is 0 Å². The molecule has 4 nitrogen and oxygen atoms in total. The molecule has 0 amide bonds. The number of carbonyl (C=O) groups is 1. The molecule has 0 aromatic heterocycles. The second-order valence-corrected chi connectivity index (χ2v) is 6.27. The van der Waals surface area contributed by atoms with Crippen LogP contribution in [0.15, 0.2) is 52.9 Å². The van der Waals surface area contributed by atoms with E-state index in [4.69, 9.17) is 14.6 Å². The number of ether oxygens (including phenoxy) is 2. The van der Waals surface area contributed by atoms with Gasteiger partial charge in [0.1, 0.15) is 17.2 Å². The highest BCUT2D eigenvalue weighted by Gasteiger charge is 2.48. The van der Waals surface area contributed by atoms with Crippen LogP contribution in [0, 0.1) is 0 Å². The first-order valence-corrected chi connectivity index (χ1v) is 8.65. The summed E-state index contributed by atoms with van der Waals surface area (Å²) in [7, 11) is 0. The molecule has 1 atom stereocenters. The summed E-state index contributed by atoms with van der Waals surface area (Å²) < 4.78 is 50.0. The zero-order valence-corrected chi connectivity index (χ0v) is 14.2. The van der Waals surface area contributed by atoms with E-state index in [-0.39, 0.29) is 17.1 Å². The molecule has 1 N–H and O–H groups in total. The lowest BCUT2D eigenvalue weighted by Crippen LogP contribution is -2.40.